The zero-order valence-corrected chi connectivity index (χ0v) is 43.7. The van der Waals surface area contributed by atoms with Crippen molar-refractivity contribution in [2.75, 3.05) is 24.3 Å². The normalized spacial score (nSPS) is 14.0. The lowest BCUT2D eigenvalue weighted by molar-refractivity contribution is -0.135. The zero-order chi connectivity index (χ0) is 55.4. The number of imidazole rings is 1. The Morgan fingerprint density at radius 3 is 1.92 bits per heavy atom. The Bertz CT molecular complexity index is 2640. The van der Waals surface area contributed by atoms with E-state index in [9.17, 15) is 47.9 Å². The standard InChI is InChI=1S/C50H70N14O10S/c1-26(2)19-37(48(72)60-35(43(53)67)17-18-75-6)62-49(73)39(21-30-23-54-25-57-30)59-41(66)24-56-50(74)42(27(3)4)64-44(68)28(5)58-47(71)38(20-29-22-55-34-14-10-8-11-31(29)34)63-46(70)36(15-16-40(52)65)61-45(69)32-12-7-9-13-33(32)51/h7-14,22-23,25-28,35-39,42,55H,15-21,24,51H2,1-6H3,(H2,52,65)(H2,53,67)(H,54,57)(H,56,74)(H,58,71)(H,59,66)(H,60,72)(H,61,69)(H,62,73)(H,63,70)(H,64,68)/t28-,35-,36-,37-,38-,39-,42-/m0/s1. The smallest absolute Gasteiger partial charge is 0.254 e. The second-order valence-corrected chi connectivity index (χ2v) is 19.7. The molecule has 0 aliphatic rings. The Morgan fingerprint density at radius 1 is 0.653 bits per heavy atom. The van der Waals surface area contributed by atoms with E-state index in [0.717, 1.165) is 10.9 Å². The topological polar surface area (TPSA) is 389 Å². The summed E-state index contributed by atoms with van der Waals surface area (Å²) in [5.41, 5.74) is 19.0. The molecular weight excluding hydrogens is 989 g/mol. The van der Waals surface area contributed by atoms with Crippen molar-refractivity contribution in [2.45, 2.75) is 115 Å². The molecule has 2 aromatic heterocycles. The van der Waals surface area contributed by atoms with Crippen molar-refractivity contribution in [3.8, 4) is 0 Å². The highest BCUT2D eigenvalue weighted by molar-refractivity contribution is 7.98. The number of nitrogen functional groups attached to an aromatic ring is 1. The predicted molar refractivity (Wildman–Crippen MR) is 282 cm³/mol. The van der Waals surface area contributed by atoms with Crippen LogP contribution in [0.25, 0.3) is 10.9 Å². The first kappa shape index (κ1) is 59.6. The van der Waals surface area contributed by atoms with Crippen LogP contribution in [0.3, 0.4) is 0 Å². The second-order valence-electron chi connectivity index (χ2n) is 18.8. The van der Waals surface area contributed by atoms with Gasteiger partial charge < -0.3 is 69.7 Å². The molecule has 7 atom stereocenters. The number of aromatic nitrogens is 3. The Balaban J connectivity index is 1.45. The molecule has 0 saturated heterocycles. The number of para-hydroxylation sites is 2. The minimum Gasteiger partial charge on any atom is -0.398 e. The van der Waals surface area contributed by atoms with Crippen molar-refractivity contribution < 1.29 is 47.9 Å². The van der Waals surface area contributed by atoms with E-state index in [-0.39, 0.29) is 55.7 Å². The fourth-order valence-corrected chi connectivity index (χ4v) is 8.28. The number of H-pyrrole nitrogens is 2. The molecule has 24 nitrogen and oxygen atoms in total. The molecule has 0 fully saturated rings. The molecule has 25 heteroatoms. The summed E-state index contributed by atoms with van der Waals surface area (Å²) in [6, 6.07) is 4.81. The first-order valence-corrected chi connectivity index (χ1v) is 25.8. The van der Waals surface area contributed by atoms with Crippen LogP contribution in [0.1, 0.15) is 81.9 Å². The Kier molecular flexibility index (Phi) is 23.1. The summed E-state index contributed by atoms with van der Waals surface area (Å²) < 4.78 is 0. The number of thioether (sulfide) groups is 1. The number of anilines is 1. The molecule has 0 aliphatic carbocycles. The van der Waals surface area contributed by atoms with Gasteiger partial charge in [0.1, 0.15) is 42.3 Å². The quantitative estimate of drug-likeness (QED) is 0.0288. The van der Waals surface area contributed by atoms with Gasteiger partial charge in [0, 0.05) is 53.9 Å². The van der Waals surface area contributed by atoms with Gasteiger partial charge in [0.05, 0.1) is 18.4 Å². The molecule has 2 heterocycles. The van der Waals surface area contributed by atoms with Gasteiger partial charge in [0.15, 0.2) is 0 Å². The molecule has 0 spiro atoms. The first-order chi connectivity index (χ1) is 35.6. The van der Waals surface area contributed by atoms with Crippen LogP contribution in [0, 0.1) is 11.8 Å². The Hall–Kier alpha value is -7.96. The van der Waals surface area contributed by atoms with Gasteiger partial charge in [-0.3, -0.25) is 47.9 Å². The van der Waals surface area contributed by atoms with Gasteiger partial charge in [-0.05, 0) is 73.8 Å². The number of rotatable bonds is 30. The summed E-state index contributed by atoms with van der Waals surface area (Å²) in [5.74, 6) is -7.63. The third-order valence-electron chi connectivity index (χ3n) is 11.9. The molecule has 0 aliphatic heterocycles. The predicted octanol–water partition coefficient (Wildman–Crippen LogP) is -0.692. The molecule has 0 radical (unpaired) electrons. The number of carbonyl (C=O) groups is 10. The van der Waals surface area contributed by atoms with Gasteiger partial charge in [-0.25, -0.2) is 4.98 Å². The summed E-state index contributed by atoms with van der Waals surface area (Å²) in [7, 11) is 0. The van der Waals surface area contributed by atoms with Gasteiger partial charge in [-0.2, -0.15) is 11.8 Å². The summed E-state index contributed by atoms with van der Waals surface area (Å²) in [4.78, 5) is 143. The average Bonchev–Trinajstić information content (AvgIpc) is 4.03. The zero-order valence-electron chi connectivity index (χ0n) is 42.9. The number of aromatic amines is 2. The third kappa shape index (κ3) is 18.8. The van der Waals surface area contributed by atoms with Crippen LogP contribution in [0.2, 0.25) is 0 Å². The molecule has 4 aromatic rings. The molecule has 2 aromatic carbocycles. The van der Waals surface area contributed by atoms with Crippen molar-refractivity contribution in [1.82, 2.24) is 57.5 Å². The lowest BCUT2D eigenvalue weighted by Crippen LogP contribution is -2.59. The highest BCUT2D eigenvalue weighted by Crippen LogP contribution is 2.20. The van der Waals surface area contributed by atoms with Crippen molar-refractivity contribution in [3.63, 3.8) is 0 Å². The van der Waals surface area contributed by atoms with E-state index in [0.29, 0.717) is 17.0 Å². The van der Waals surface area contributed by atoms with Gasteiger partial charge in [0.25, 0.3) is 5.91 Å². The minimum absolute atomic E-state index is 0.0729. The summed E-state index contributed by atoms with van der Waals surface area (Å²) >= 11 is 1.47. The van der Waals surface area contributed by atoms with Crippen LogP contribution in [0.5, 0.6) is 0 Å². The van der Waals surface area contributed by atoms with E-state index in [1.807, 2.05) is 38.3 Å². The number of fused-ring (bicyclic) bond motifs is 1. The average molecular weight is 1060 g/mol. The Morgan fingerprint density at radius 2 is 1.28 bits per heavy atom. The molecule has 0 saturated carbocycles. The number of carbonyl (C=O) groups excluding carboxylic acids is 10. The van der Waals surface area contributed by atoms with Crippen LogP contribution in [0.15, 0.2) is 67.3 Å². The van der Waals surface area contributed by atoms with Crippen molar-refractivity contribution in [1.29, 1.82) is 0 Å². The van der Waals surface area contributed by atoms with Gasteiger partial charge in [-0.15, -0.1) is 0 Å². The van der Waals surface area contributed by atoms with Crippen LogP contribution in [0.4, 0.5) is 5.69 Å². The van der Waals surface area contributed by atoms with E-state index in [1.54, 1.807) is 38.2 Å². The number of nitrogens with one attached hydrogen (secondary N) is 10. The van der Waals surface area contributed by atoms with E-state index < -0.39 is 114 Å². The van der Waals surface area contributed by atoms with Crippen molar-refractivity contribution >= 4 is 87.4 Å². The molecule has 16 N–H and O–H groups in total. The lowest BCUT2D eigenvalue weighted by atomic mass is 10.0. The fourth-order valence-electron chi connectivity index (χ4n) is 7.81. The maximum Gasteiger partial charge on any atom is 0.254 e. The monoisotopic (exact) mass is 1060 g/mol. The number of hydrogen-bond donors (Lipinski definition) is 13. The van der Waals surface area contributed by atoms with E-state index >= 15 is 0 Å². The van der Waals surface area contributed by atoms with Gasteiger partial charge in [0.2, 0.25) is 53.2 Å². The molecule has 10 amide bonds. The minimum atomic E-state index is -1.36. The number of primary amides is 2. The SMILES string of the molecule is CSCC[C@H](NC(=O)[C@H](CC(C)C)NC(=O)[C@H](Cc1cnc[nH]1)NC(=O)CNC(=O)[C@@H](NC(=O)[C@H](C)NC(=O)[C@H](Cc1c[nH]c2ccccc12)NC(=O)[C@H](CCC(N)=O)NC(=O)c1ccccc1N)C(C)C)C(N)=O. The summed E-state index contributed by atoms with van der Waals surface area (Å²) in [5, 5.41) is 21.6. The van der Waals surface area contributed by atoms with Crippen LogP contribution in [-0.2, 0) is 56.0 Å². The number of nitrogens with two attached hydrogens (primary N) is 3. The van der Waals surface area contributed by atoms with E-state index in [2.05, 4.69) is 57.5 Å². The maximum absolute atomic E-state index is 14.2. The van der Waals surface area contributed by atoms with Gasteiger partial charge >= 0.3 is 0 Å². The molecule has 406 valence electrons. The lowest BCUT2D eigenvalue weighted by Gasteiger charge is -2.26. The van der Waals surface area contributed by atoms with Gasteiger partial charge in [-0.1, -0.05) is 58.0 Å². The van der Waals surface area contributed by atoms with Crippen molar-refractivity contribution in [2.24, 2.45) is 23.3 Å². The van der Waals surface area contributed by atoms with Crippen LogP contribution >= 0.6 is 11.8 Å². The molecule has 4 rings (SSSR count). The number of nitrogens with zero attached hydrogens (tertiary/aromatic N) is 1. The number of hydrogen-bond acceptors (Lipinski definition) is 13. The summed E-state index contributed by atoms with van der Waals surface area (Å²) in [6.07, 6.45) is 6.11. The maximum atomic E-state index is 14.2. The third-order valence-corrected chi connectivity index (χ3v) is 12.5. The number of amides is 10. The van der Waals surface area contributed by atoms with Crippen LogP contribution < -0.4 is 59.7 Å². The highest BCUT2D eigenvalue weighted by atomic mass is 32.2. The highest BCUT2D eigenvalue weighted by Gasteiger charge is 2.34. The first-order valence-electron chi connectivity index (χ1n) is 24.4. The fraction of sp³-hybridized carbons (Fsp3) is 0.460. The van der Waals surface area contributed by atoms with E-state index in [4.69, 9.17) is 17.2 Å². The molecule has 0 bridgehead atoms. The largest absolute Gasteiger partial charge is 0.398 e. The van der Waals surface area contributed by atoms with E-state index in [1.165, 1.54) is 43.3 Å². The second kappa shape index (κ2) is 29.1. The number of benzene rings is 2. The molecule has 75 heavy (non-hydrogen) atoms. The molecular formula is C50H70N14O10S. The van der Waals surface area contributed by atoms with Crippen LogP contribution in [-0.4, -0.2) is 135 Å². The Labute approximate surface area is 438 Å². The molecule has 0 unspecified atom stereocenters. The summed E-state index contributed by atoms with van der Waals surface area (Å²) in [6.45, 7) is 7.69. The van der Waals surface area contributed by atoms with Crippen molar-refractivity contribution in [3.05, 3.63) is 84.1 Å².